The van der Waals surface area contributed by atoms with E-state index in [0.717, 1.165) is 12.1 Å². The van der Waals surface area contributed by atoms with Gasteiger partial charge in [-0.2, -0.15) is 0 Å². The number of benzene rings is 2. The van der Waals surface area contributed by atoms with Crippen LogP contribution in [0.25, 0.3) is 0 Å². The van der Waals surface area contributed by atoms with Gasteiger partial charge in [0, 0.05) is 11.6 Å². The standard InChI is InChI=1S/C13H7F4NO/c14-8-5-10(16)9(15)4-7(8)13(19)6-1-2-12(18)11(17)3-6/h1-5H,18H2. The zero-order valence-corrected chi connectivity index (χ0v) is 9.38. The van der Waals surface area contributed by atoms with E-state index in [1.165, 1.54) is 6.07 Å². The molecule has 2 rings (SSSR count). The van der Waals surface area contributed by atoms with E-state index in [0.29, 0.717) is 6.07 Å². The van der Waals surface area contributed by atoms with Gasteiger partial charge in [0.25, 0.3) is 0 Å². The van der Waals surface area contributed by atoms with Gasteiger partial charge in [0.2, 0.25) is 0 Å². The number of ketones is 1. The highest BCUT2D eigenvalue weighted by atomic mass is 19.2. The van der Waals surface area contributed by atoms with Crippen LogP contribution in [0.3, 0.4) is 0 Å². The van der Waals surface area contributed by atoms with Gasteiger partial charge in [-0.1, -0.05) is 0 Å². The summed E-state index contributed by atoms with van der Waals surface area (Å²) in [7, 11) is 0. The molecule has 0 saturated heterocycles. The topological polar surface area (TPSA) is 43.1 Å². The van der Waals surface area contributed by atoms with Crippen LogP contribution in [0.5, 0.6) is 0 Å². The van der Waals surface area contributed by atoms with Crippen LogP contribution in [-0.2, 0) is 0 Å². The summed E-state index contributed by atoms with van der Waals surface area (Å²) < 4.78 is 52.3. The van der Waals surface area contributed by atoms with Crippen LogP contribution in [0.1, 0.15) is 15.9 Å². The summed E-state index contributed by atoms with van der Waals surface area (Å²) in [4.78, 5) is 11.9. The molecular weight excluding hydrogens is 262 g/mol. The average molecular weight is 269 g/mol. The molecule has 2 nitrogen and oxygen atoms in total. The van der Waals surface area contributed by atoms with Crippen LogP contribution < -0.4 is 5.73 Å². The van der Waals surface area contributed by atoms with Crippen molar-refractivity contribution in [3.63, 3.8) is 0 Å². The average Bonchev–Trinajstić information content (AvgIpc) is 2.36. The van der Waals surface area contributed by atoms with Crippen molar-refractivity contribution >= 4 is 11.5 Å². The van der Waals surface area contributed by atoms with Gasteiger partial charge in [-0.3, -0.25) is 4.79 Å². The smallest absolute Gasteiger partial charge is 0.196 e. The van der Waals surface area contributed by atoms with Crippen LogP contribution in [0.4, 0.5) is 23.2 Å². The van der Waals surface area contributed by atoms with Crippen molar-refractivity contribution in [1.29, 1.82) is 0 Å². The van der Waals surface area contributed by atoms with Crippen molar-refractivity contribution in [3.05, 3.63) is 64.7 Å². The summed E-state index contributed by atoms with van der Waals surface area (Å²) in [5, 5.41) is 0. The predicted molar refractivity (Wildman–Crippen MR) is 60.6 cm³/mol. The van der Waals surface area contributed by atoms with E-state index in [-0.39, 0.29) is 17.3 Å². The first kappa shape index (κ1) is 13.1. The lowest BCUT2D eigenvalue weighted by Crippen LogP contribution is -2.07. The Labute approximate surface area is 105 Å². The van der Waals surface area contributed by atoms with Crippen LogP contribution >= 0.6 is 0 Å². The van der Waals surface area contributed by atoms with E-state index in [4.69, 9.17) is 5.73 Å². The normalized spacial score (nSPS) is 10.5. The second kappa shape index (κ2) is 4.72. The fourth-order valence-electron chi connectivity index (χ4n) is 1.52. The molecule has 19 heavy (non-hydrogen) atoms. The van der Waals surface area contributed by atoms with Crippen molar-refractivity contribution in [1.82, 2.24) is 0 Å². The molecule has 0 aliphatic heterocycles. The Morgan fingerprint density at radius 2 is 1.47 bits per heavy atom. The lowest BCUT2D eigenvalue weighted by molar-refractivity contribution is 0.103. The third kappa shape index (κ3) is 2.42. The maximum Gasteiger partial charge on any atom is 0.196 e. The highest BCUT2D eigenvalue weighted by Gasteiger charge is 2.18. The summed E-state index contributed by atoms with van der Waals surface area (Å²) in [5.41, 5.74) is 4.16. The monoisotopic (exact) mass is 269 g/mol. The van der Waals surface area contributed by atoms with E-state index < -0.39 is 34.6 Å². The summed E-state index contributed by atoms with van der Waals surface area (Å²) in [5.74, 6) is -5.80. The molecule has 0 amide bonds. The number of nitrogens with two attached hydrogens (primary N) is 1. The molecule has 2 aromatic carbocycles. The first-order valence-corrected chi connectivity index (χ1v) is 5.14. The van der Waals surface area contributed by atoms with Gasteiger partial charge in [-0.25, -0.2) is 17.6 Å². The van der Waals surface area contributed by atoms with Crippen LogP contribution in [0.2, 0.25) is 0 Å². The van der Waals surface area contributed by atoms with Crippen LogP contribution in [-0.4, -0.2) is 5.78 Å². The Morgan fingerprint density at radius 1 is 0.842 bits per heavy atom. The molecule has 2 N–H and O–H groups in total. The maximum absolute atomic E-state index is 13.4. The molecule has 0 aliphatic carbocycles. The largest absolute Gasteiger partial charge is 0.396 e. The molecule has 0 bridgehead atoms. The number of hydrogen-bond donors (Lipinski definition) is 1. The SMILES string of the molecule is Nc1ccc(C(=O)c2cc(F)c(F)cc2F)cc1F. The van der Waals surface area contributed by atoms with Crippen LogP contribution in [0, 0.1) is 23.3 Å². The highest BCUT2D eigenvalue weighted by molar-refractivity contribution is 6.09. The number of rotatable bonds is 2. The van der Waals surface area contributed by atoms with Crippen LogP contribution in [0.15, 0.2) is 30.3 Å². The fraction of sp³-hybridized carbons (Fsp3) is 0. The van der Waals surface area contributed by atoms with E-state index in [2.05, 4.69) is 0 Å². The summed E-state index contributed by atoms with van der Waals surface area (Å²) in [6.45, 7) is 0. The Morgan fingerprint density at radius 3 is 2.11 bits per heavy atom. The molecule has 0 heterocycles. The zero-order chi connectivity index (χ0) is 14.2. The molecule has 0 spiro atoms. The van der Waals surface area contributed by atoms with E-state index in [9.17, 15) is 22.4 Å². The van der Waals surface area contributed by atoms with Crippen molar-refractivity contribution in [2.24, 2.45) is 0 Å². The molecule has 0 aromatic heterocycles. The number of nitrogen functional groups attached to an aromatic ring is 1. The van der Waals surface area contributed by atoms with Crippen molar-refractivity contribution in [2.75, 3.05) is 5.73 Å². The summed E-state index contributed by atoms with van der Waals surface area (Å²) in [6.07, 6.45) is 0. The molecule has 98 valence electrons. The lowest BCUT2D eigenvalue weighted by Gasteiger charge is -2.05. The van der Waals surface area contributed by atoms with E-state index in [1.807, 2.05) is 0 Å². The minimum absolute atomic E-state index is 0.178. The number of hydrogen-bond acceptors (Lipinski definition) is 2. The molecule has 2 aromatic rings. The quantitative estimate of drug-likeness (QED) is 0.394. The summed E-state index contributed by atoms with van der Waals surface area (Å²) >= 11 is 0. The lowest BCUT2D eigenvalue weighted by atomic mass is 10.0. The molecule has 0 atom stereocenters. The minimum atomic E-state index is -1.41. The van der Waals surface area contributed by atoms with Gasteiger partial charge in [-0.05, 0) is 24.3 Å². The maximum atomic E-state index is 13.4. The molecular formula is C13H7F4NO. The Hall–Kier alpha value is -2.37. The van der Waals surface area contributed by atoms with Gasteiger partial charge in [0.15, 0.2) is 17.4 Å². The predicted octanol–water partition coefficient (Wildman–Crippen LogP) is 3.06. The number of carbonyl (C=O) groups is 1. The second-order valence-corrected chi connectivity index (χ2v) is 3.81. The third-order valence-corrected chi connectivity index (χ3v) is 2.52. The van der Waals surface area contributed by atoms with Gasteiger partial charge in [0.1, 0.15) is 11.6 Å². The molecule has 6 heteroatoms. The number of carbonyl (C=O) groups excluding carboxylic acids is 1. The van der Waals surface area contributed by atoms with Crippen molar-refractivity contribution in [3.8, 4) is 0 Å². The van der Waals surface area contributed by atoms with Crippen molar-refractivity contribution < 1.29 is 22.4 Å². The first-order valence-electron chi connectivity index (χ1n) is 5.14. The second-order valence-electron chi connectivity index (χ2n) is 3.81. The Bertz CT molecular complexity index is 670. The van der Waals surface area contributed by atoms with Gasteiger partial charge in [0.05, 0.1) is 11.3 Å². The molecule has 0 radical (unpaired) electrons. The summed E-state index contributed by atoms with van der Waals surface area (Å²) in [6, 6.07) is 3.79. The molecule has 0 unspecified atom stereocenters. The van der Waals surface area contributed by atoms with Gasteiger partial charge in [-0.15, -0.1) is 0 Å². The zero-order valence-electron chi connectivity index (χ0n) is 9.38. The molecule has 0 saturated carbocycles. The molecule has 0 aliphatic rings. The van der Waals surface area contributed by atoms with Crippen molar-refractivity contribution in [2.45, 2.75) is 0 Å². The fourth-order valence-corrected chi connectivity index (χ4v) is 1.52. The minimum Gasteiger partial charge on any atom is -0.396 e. The third-order valence-electron chi connectivity index (χ3n) is 2.52. The van der Waals surface area contributed by atoms with Gasteiger partial charge < -0.3 is 5.73 Å². The van der Waals surface area contributed by atoms with E-state index in [1.54, 1.807) is 0 Å². The van der Waals surface area contributed by atoms with E-state index >= 15 is 0 Å². The molecule has 0 fully saturated rings. The Balaban J connectivity index is 2.49. The first-order chi connectivity index (χ1) is 8.90. The number of halogens is 4. The van der Waals surface area contributed by atoms with Gasteiger partial charge >= 0.3 is 0 Å². The Kier molecular flexibility index (Phi) is 3.25. The number of anilines is 1. The highest BCUT2D eigenvalue weighted by Crippen LogP contribution is 2.19.